The van der Waals surface area contributed by atoms with E-state index in [4.69, 9.17) is 0 Å². The summed E-state index contributed by atoms with van der Waals surface area (Å²) < 4.78 is 0. The number of carbonyl (C=O) groups is 2. The Bertz CT molecular complexity index is 542. The number of nitrogens with one attached hydrogen (secondary N) is 4. The van der Waals surface area contributed by atoms with Crippen LogP contribution in [0, 0.1) is 11.8 Å². The van der Waals surface area contributed by atoms with Crippen molar-refractivity contribution < 1.29 is 9.59 Å². The van der Waals surface area contributed by atoms with Crippen LogP contribution in [-0.2, 0) is 11.3 Å². The fraction of sp³-hybridized carbons (Fsp3) is 0.579. The number of hydrogen-bond acceptors (Lipinski definition) is 3. The van der Waals surface area contributed by atoms with Crippen molar-refractivity contribution in [3.8, 4) is 0 Å². The molecule has 1 aliphatic rings. The molecule has 1 saturated heterocycles. The first-order valence-electron chi connectivity index (χ1n) is 9.13. The van der Waals surface area contributed by atoms with E-state index in [2.05, 4.69) is 21.3 Å². The van der Waals surface area contributed by atoms with E-state index in [0.717, 1.165) is 25.1 Å². The predicted octanol–water partition coefficient (Wildman–Crippen LogP) is 1.63. The first kappa shape index (κ1) is 19.2. The minimum Gasteiger partial charge on any atom is -0.354 e. The molecular formula is C19H30N4O2. The smallest absolute Gasteiger partial charge is 0.315 e. The Labute approximate surface area is 150 Å². The van der Waals surface area contributed by atoms with Gasteiger partial charge < -0.3 is 21.3 Å². The topological polar surface area (TPSA) is 82.3 Å². The molecule has 138 valence electrons. The maximum absolute atomic E-state index is 12.4. The largest absolute Gasteiger partial charge is 0.354 e. The molecule has 0 saturated carbocycles. The second-order valence-electron chi connectivity index (χ2n) is 6.97. The number of amides is 3. The second kappa shape index (κ2) is 10.0. The average Bonchev–Trinajstić information content (AvgIpc) is 3.12. The summed E-state index contributed by atoms with van der Waals surface area (Å²) in [5, 5.41) is 11.9. The summed E-state index contributed by atoms with van der Waals surface area (Å²) in [7, 11) is 0. The van der Waals surface area contributed by atoms with Crippen LogP contribution < -0.4 is 21.3 Å². The summed E-state index contributed by atoms with van der Waals surface area (Å²) >= 11 is 0. The van der Waals surface area contributed by atoms with Crippen molar-refractivity contribution in [2.75, 3.05) is 19.6 Å². The maximum Gasteiger partial charge on any atom is 0.315 e. The van der Waals surface area contributed by atoms with Crippen LogP contribution in [0.3, 0.4) is 0 Å². The molecule has 0 bridgehead atoms. The van der Waals surface area contributed by atoms with Crippen LogP contribution >= 0.6 is 0 Å². The highest BCUT2D eigenvalue weighted by molar-refractivity contribution is 5.87. The molecule has 2 unspecified atom stereocenters. The van der Waals surface area contributed by atoms with Crippen LogP contribution in [0.5, 0.6) is 0 Å². The first-order chi connectivity index (χ1) is 12.1. The minimum atomic E-state index is -0.530. The lowest BCUT2D eigenvalue weighted by Gasteiger charge is -2.22. The van der Waals surface area contributed by atoms with Crippen molar-refractivity contribution in [2.45, 2.75) is 39.3 Å². The molecule has 0 radical (unpaired) electrons. The van der Waals surface area contributed by atoms with E-state index in [9.17, 15) is 9.59 Å². The Balaban J connectivity index is 1.74. The van der Waals surface area contributed by atoms with E-state index in [-0.39, 0.29) is 17.9 Å². The van der Waals surface area contributed by atoms with Gasteiger partial charge >= 0.3 is 6.03 Å². The van der Waals surface area contributed by atoms with Gasteiger partial charge in [0, 0.05) is 13.1 Å². The summed E-state index contributed by atoms with van der Waals surface area (Å²) in [5.41, 5.74) is 1.02. The predicted molar refractivity (Wildman–Crippen MR) is 99.0 cm³/mol. The Kier molecular flexibility index (Phi) is 7.73. The van der Waals surface area contributed by atoms with Crippen LogP contribution in [0.25, 0.3) is 0 Å². The van der Waals surface area contributed by atoms with Crippen molar-refractivity contribution in [1.29, 1.82) is 0 Å². The van der Waals surface area contributed by atoms with Gasteiger partial charge in [0.1, 0.15) is 6.04 Å². The van der Waals surface area contributed by atoms with Gasteiger partial charge in [0.25, 0.3) is 0 Å². The van der Waals surface area contributed by atoms with E-state index in [1.165, 1.54) is 6.42 Å². The molecule has 2 atom stereocenters. The molecule has 1 heterocycles. The lowest BCUT2D eigenvalue weighted by molar-refractivity contribution is -0.123. The molecular weight excluding hydrogens is 316 g/mol. The normalized spacial score (nSPS) is 18.0. The van der Waals surface area contributed by atoms with E-state index in [1.54, 1.807) is 0 Å². The summed E-state index contributed by atoms with van der Waals surface area (Å²) in [6.45, 7) is 7.06. The average molecular weight is 346 g/mol. The first-order valence-corrected chi connectivity index (χ1v) is 9.13. The fourth-order valence-corrected chi connectivity index (χ4v) is 2.98. The zero-order valence-electron chi connectivity index (χ0n) is 15.2. The molecule has 0 aromatic heterocycles. The van der Waals surface area contributed by atoms with Gasteiger partial charge in [-0.2, -0.15) is 0 Å². The van der Waals surface area contributed by atoms with Gasteiger partial charge in [0.2, 0.25) is 5.91 Å². The number of benzene rings is 1. The van der Waals surface area contributed by atoms with Crippen molar-refractivity contribution in [3.63, 3.8) is 0 Å². The molecule has 25 heavy (non-hydrogen) atoms. The van der Waals surface area contributed by atoms with Gasteiger partial charge in [-0.15, -0.1) is 0 Å². The monoisotopic (exact) mass is 346 g/mol. The molecule has 6 heteroatoms. The van der Waals surface area contributed by atoms with E-state index >= 15 is 0 Å². The molecule has 2 rings (SSSR count). The van der Waals surface area contributed by atoms with Crippen LogP contribution in [0.2, 0.25) is 0 Å². The molecule has 4 N–H and O–H groups in total. The minimum absolute atomic E-state index is 0.0237. The van der Waals surface area contributed by atoms with Gasteiger partial charge in [0.15, 0.2) is 0 Å². The quantitative estimate of drug-likeness (QED) is 0.577. The third kappa shape index (κ3) is 6.74. The summed E-state index contributed by atoms with van der Waals surface area (Å²) in [5.74, 6) is 0.548. The molecule has 3 amide bonds. The zero-order chi connectivity index (χ0) is 18.1. The highest BCUT2D eigenvalue weighted by atomic mass is 16.2. The summed E-state index contributed by atoms with van der Waals surface area (Å²) in [6, 6.07) is 8.84. The number of urea groups is 1. The Morgan fingerprint density at radius 1 is 1.20 bits per heavy atom. The van der Waals surface area contributed by atoms with Crippen LogP contribution in [0.15, 0.2) is 30.3 Å². The number of hydrogen-bond donors (Lipinski definition) is 4. The maximum atomic E-state index is 12.4. The molecule has 1 aromatic carbocycles. The number of rotatable bonds is 8. The van der Waals surface area contributed by atoms with Gasteiger partial charge in [-0.3, -0.25) is 4.79 Å². The highest BCUT2D eigenvalue weighted by Crippen LogP contribution is 2.11. The summed E-state index contributed by atoms with van der Waals surface area (Å²) in [4.78, 5) is 24.5. The third-order valence-corrected chi connectivity index (χ3v) is 4.55. The van der Waals surface area contributed by atoms with Gasteiger partial charge in [-0.05, 0) is 43.3 Å². The van der Waals surface area contributed by atoms with E-state index < -0.39 is 6.04 Å². The van der Waals surface area contributed by atoms with Gasteiger partial charge in [-0.25, -0.2) is 4.79 Å². The second-order valence-corrected chi connectivity index (χ2v) is 6.97. The van der Waals surface area contributed by atoms with E-state index in [0.29, 0.717) is 19.0 Å². The molecule has 1 fully saturated rings. The van der Waals surface area contributed by atoms with Crippen molar-refractivity contribution in [1.82, 2.24) is 21.3 Å². The number of carbonyl (C=O) groups excluding carboxylic acids is 2. The van der Waals surface area contributed by atoms with E-state index in [1.807, 2.05) is 44.2 Å². The van der Waals surface area contributed by atoms with Gasteiger partial charge in [-0.1, -0.05) is 44.2 Å². The fourth-order valence-electron chi connectivity index (χ4n) is 2.98. The molecule has 1 aliphatic heterocycles. The van der Waals surface area contributed by atoms with Crippen molar-refractivity contribution >= 4 is 11.9 Å². The zero-order valence-corrected chi connectivity index (χ0v) is 15.2. The standard InChI is InChI=1S/C19H30N4O2/c1-14(2)17(18(24)21-11-9-16-8-10-20-12-16)23-19(25)22-13-15-6-4-3-5-7-15/h3-7,14,16-17,20H,8-13H2,1-2H3,(H,21,24)(H2,22,23,25). The third-order valence-electron chi connectivity index (χ3n) is 4.55. The lowest BCUT2D eigenvalue weighted by atomic mass is 10.0. The van der Waals surface area contributed by atoms with Crippen LogP contribution in [0.4, 0.5) is 4.79 Å². The van der Waals surface area contributed by atoms with Crippen molar-refractivity contribution in [2.24, 2.45) is 11.8 Å². The summed E-state index contributed by atoms with van der Waals surface area (Å²) in [6.07, 6.45) is 2.15. The molecule has 1 aromatic rings. The van der Waals surface area contributed by atoms with Crippen LogP contribution in [0.1, 0.15) is 32.3 Å². The molecule has 6 nitrogen and oxygen atoms in total. The SMILES string of the molecule is CC(C)C(NC(=O)NCc1ccccc1)C(=O)NCCC1CCNC1. The highest BCUT2D eigenvalue weighted by Gasteiger charge is 2.24. The van der Waals surface area contributed by atoms with Crippen LogP contribution in [-0.4, -0.2) is 37.6 Å². The van der Waals surface area contributed by atoms with Crippen molar-refractivity contribution in [3.05, 3.63) is 35.9 Å². The molecule has 0 aliphatic carbocycles. The Morgan fingerprint density at radius 2 is 1.96 bits per heavy atom. The lowest BCUT2D eigenvalue weighted by Crippen LogP contribution is -2.52. The Morgan fingerprint density at radius 3 is 2.60 bits per heavy atom. The molecule has 0 spiro atoms. The Hall–Kier alpha value is -2.08. The van der Waals surface area contributed by atoms with Gasteiger partial charge in [0.05, 0.1) is 0 Å².